The van der Waals surface area contributed by atoms with Gasteiger partial charge in [0.15, 0.2) is 0 Å². The predicted octanol–water partition coefficient (Wildman–Crippen LogP) is 2.28. The van der Waals surface area contributed by atoms with Gasteiger partial charge in [-0.15, -0.1) is 12.4 Å². The predicted molar refractivity (Wildman–Crippen MR) is 79.2 cm³/mol. The van der Waals surface area contributed by atoms with Gasteiger partial charge in [-0.05, 0) is 30.9 Å². The minimum atomic E-state index is 0. The first-order valence-corrected chi connectivity index (χ1v) is 6.67. The average Bonchev–Trinajstić information content (AvgIpc) is 2.41. The molecule has 0 spiro atoms. The Morgan fingerprint density at radius 2 is 2.11 bits per heavy atom. The first-order valence-electron chi connectivity index (χ1n) is 6.67. The molecule has 106 valence electrons. The molecule has 4 nitrogen and oxygen atoms in total. The van der Waals surface area contributed by atoms with Crippen molar-refractivity contribution in [3.05, 3.63) is 24.0 Å². The van der Waals surface area contributed by atoms with Gasteiger partial charge in [0, 0.05) is 18.8 Å². The number of hydrogen-bond donors (Lipinski definition) is 1. The van der Waals surface area contributed by atoms with Crippen LogP contribution in [0.5, 0.6) is 0 Å². The van der Waals surface area contributed by atoms with Crippen molar-refractivity contribution in [2.24, 2.45) is 5.92 Å². The summed E-state index contributed by atoms with van der Waals surface area (Å²) in [7, 11) is 0. The van der Waals surface area contributed by atoms with Gasteiger partial charge in [-0.2, -0.15) is 0 Å². The zero-order valence-electron chi connectivity index (χ0n) is 11.3. The van der Waals surface area contributed by atoms with Crippen molar-refractivity contribution in [2.45, 2.75) is 32.6 Å². The number of hydrogen-bond acceptors (Lipinski definition) is 3. The average molecular weight is 284 g/mol. The Hall–Kier alpha value is -1.29. The number of likely N-dealkylation sites (tertiary alicyclic amines) is 1. The van der Waals surface area contributed by atoms with E-state index in [4.69, 9.17) is 5.73 Å². The molecule has 0 radical (unpaired) electrons. The zero-order chi connectivity index (χ0) is 13.0. The lowest BCUT2D eigenvalue weighted by molar-refractivity contribution is -0.131. The van der Waals surface area contributed by atoms with Crippen molar-refractivity contribution in [3.8, 4) is 0 Å². The van der Waals surface area contributed by atoms with Crippen LogP contribution in [0.25, 0.3) is 0 Å². The van der Waals surface area contributed by atoms with E-state index in [2.05, 4.69) is 11.9 Å². The van der Waals surface area contributed by atoms with Crippen molar-refractivity contribution in [1.29, 1.82) is 0 Å². The van der Waals surface area contributed by atoms with Crippen LogP contribution in [0.2, 0.25) is 0 Å². The van der Waals surface area contributed by atoms with E-state index in [1.807, 2.05) is 11.0 Å². The first kappa shape index (κ1) is 15.8. The number of nitrogens with two attached hydrogens (primary N) is 1. The zero-order valence-corrected chi connectivity index (χ0v) is 12.2. The number of anilines is 1. The van der Waals surface area contributed by atoms with Gasteiger partial charge in [-0.1, -0.05) is 13.3 Å². The number of carbonyl (C=O) groups excluding carboxylic acids is 1. The number of nitrogens with zero attached hydrogens (tertiary/aromatic N) is 2. The fraction of sp³-hybridized carbons (Fsp3) is 0.571. The Labute approximate surface area is 120 Å². The molecule has 1 aromatic heterocycles. The maximum Gasteiger partial charge on any atom is 0.228 e. The van der Waals surface area contributed by atoms with Gasteiger partial charge in [-0.3, -0.25) is 9.78 Å². The second-order valence-corrected chi connectivity index (χ2v) is 4.99. The molecule has 0 unspecified atom stereocenters. The lowest BCUT2D eigenvalue weighted by Crippen LogP contribution is -2.39. The van der Waals surface area contributed by atoms with Gasteiger partial charge in [0.05, 0.1) is 18.3 Å². The van der Waals surface area contributed by atoms with Crippen molar-refractivity contribution >= 4 is 24.0 Å². The Kier molecular flexibility index (Phi) is 6.09. The summed E-state index contributed by atoms with van der Waals surface area (Å²) in [5.74, 6) is 0.977. The van der Waals surface area contributed by atoms with Crippen LogP contribution in [0.15, 0.2) is 18.3 Å². The number of carbonyl (C=O) groups is 1. The number of pyridine rings is 1. The van der Waals surface area contributed by atoms with Crippen molar-refractivity contribution in [2.75, 3.05) is 18.8 Å². The molecule has 0 bridgehead atoms. The second kappa shape index (κ2) is 7.34. The number of aromatic nitrogens is 1. The maximum atomic E-state index is 12.1. The molecule has 1 aliphatic rings. The number of halogens is 1. The third-order valence-corrected chi connectivity index (χ3v) is 3.72. The molecule has 2 N–H and O–H groups in total. The van der Waals surface area contributed by atoms with E-state index >= 15 is 0 Å². The third-order valence-electron chi connectivity index (χ3n) is 3.72. The molecule has 1 aliphatic heterocycles. The lowest BCUT2D eigenvalue weighted by atomic mass is 9.94. The van der Waals surface area contributed by atoms with Crippen molar-refractivity contribution < 1.29 is 4.79 Å². The Balaban J connectivity index is 0.00000180. The lowest BCUT2D eigenvalue weighted by Gasteiger charge is -2.31. The number of nitrogen functional groups attached to an aromatic ring is 1. The highest BCUT2D eigenvalue weighted by molar-refractivity contribution is 5.85. The summed E-state index contributed by atoms with van der Waals surface area (Å²) in [4.78, 5) is 18.2. The van der Waals surface area contributed by atoms with Crippen LogP contribution in [-0.2, 0) is 11.2 Å². The van der Waals surface area contributed by atoms with Crippen LogP contribution < -0.4 is 5.73 Å². The summed E-state index contributed by atoms with van der Waals surface area (Å²) < 4.78 is 0. The molecule has 2 rings (SSSR count). The summed E-state index contributed by atoms with van der Waals surface area (Å²) in [5, 5.41) is 0. The van der Waals surface area contributed by atoms with Crippen molar-refractivity contribution in [3.63, 3.8) is 0 Å². The number of rotatable bonds is 3. The number of amides is 1. The fourth-order valence-electron chi connectivity index (χ4n) is 2.40. The first-order chi connectivity index (χ1) is 8.69. The van der Waals surface area contributed by atoms with E-state index in [0.717, 1.165) is 37.5 Å². The highest BCUT2D eigenvalue weighted by Gasteiger charge is 2.21. The minimum absolute atomic E-state index is 0. The molecule has 1 saturated heterocycles. The van der Waals surface area contributed by atoms with Gasteiger partial charge < -0.3 is 10.6 Å². The van der Waals surface area contributed by atoms with Crippen LogP contribution in [0.3, 0.4) is 0 Å². The largest absolute Gasteiger partial charge is 0.397 e. The number of piperidine rings is 1. The molecular formula is C14H22ClN3O. The summed E-state index contributed by atoms with van der Waals surface area (Å²) in [5.41, 5.74) is 7.01. The van der Waals surface area contributed by atoms with E-state index in [-0.39, 0.29) is 18.3 Å². The Morgan fingerprint density at radius 1 is 1.42 bits per heavy atom. The van der Waals surface area contributed by atoms with Crippen LogP contribution >= 0.6 is 12.4 Å². The monoisotopic (exact) mass is 283 g/mol. The molecule has 5 heteroatoms. The van der Waals surface area contributed by atoms with Gasteiger partial charge >= 0.3 is 0 Å². The fourth-order valence-corrected chi connectivity index (χ4v) is 2.40. The molecule has 2 heterocycles. The summed E-state index contributed by atoms with van der Waals surface area (Å²) in [6, 6.07) is 3.62. The highest BCUT2D eigenvalue weighted by Crippen LogP contribution is 2.20. The summed E-state index contributed by atoms with van der Waals surface area (Å²) >= 11 is 0. The normalized spacial score (nSPS) is 15.9. The minimum Gasteiger partial charge on any atom is -0.397 e. The molecule has 0 aliphatic carbocycles. The van der Waals surface area contributed by atoms with Crippen LogP contribution in [0.4, 0.5) is 5.69 Å². The SMILES string of the molecule is CCC1CCN(C(=O)Cc2ccc(N)cn2)CC1.Cl. The van der Waals surface area contributed by atoms with Crippen LogP contribution in [0, 0.1) is 5.92 Å². The molecular weight excluding hydrogens is 262 g/mol. The molecule has 0 aromatic carbocycles. The standard InChI is InChI=1S/C14H21N3O.ClH/c1-2-11-5-7-17(8-6-11)14(18)9-13-4-3-12(15)10-16-13;/h3-4,10-11H,2,5-9,15H2,1H3;1H. The van der Waals surface area contributed by atoms with Gasteiger partial charge in [0.25, 0.3) is 0 Å². The topological polar surface area (TPSA) is 59.2 Å². The highest BCUT2D eigenvalue weighted by atomic mass is 35.5. The Morgan fingerprint density at radius 3 is 2.63 bits per heavy atom. The Bertz CT molecular complexity index is 400. The van der Waals surface area contributed by atoms with Gasteiger partial charge in [0.2, 0.25) is 5.91 Å². The van der Waals surface area contributed by atoms with Crippen LogP contribution in [0.1, 0.15) is 31.9 Å². The molecule has 1 fully saturated rings. The molecule has 1 aromatic rings. The summed E-state index contributed by atoms with van der Waals surface area (Å²) in [6.07, 6.45) is 5.49. The molecule has 1 amide bonds. The third kappa shape index (κ3) is 4.39. The molecule has 0 saturated carbocycles. The van der Waals surface area contributed by atoms with E-state index in [1.165, 1.54) is 6.42 Å². The van der Waals surface area contributed by atoms with Crippen LogP contribution in [-0.4, -0.2) is 28.9 Å². The van der Waals surface area contributed by atoms with Gasteiger partial charge in [0.1, 0.15) is 0 Å². The second-order valence-electron chi connectivity index (χ2n) is 4.99. The quantitative estimate of drug-likeness (QED) is 0.926. The van der Waals surface area contributed by atoms with E-state index in [0.29, 0.717) is 12.1 Å². The van der Waals surface area contributed by atoms with Crippen molar-refractivity contribution in [1.82, 2.24) is 9.88 Å². The smallest absolute Gasteiger partial charge is 0.228 e. The van der Waals surface area contributed by atoms with E-state index in [9.17, 15) is 4.79 Å². The molecule has 19 heavy (non-hydrogen) atoms. The maximum absolute atomic E-state index is 12.1. The van der Waals surface area contributed by atoms with Gasteiger partial charge in [-0.25, -0.2) is 0 Å². The summed E-state index contributed by atoms with van der Waals surface area (Å²) in [6.45, 7) is 4.01. The van der Waals surface area contributed by atoms with E-state index in [1.54, 1.807) is 12.3 Å². The van der Waals surface area contributed by atoms with E-state index < -0.39 is 0 Å². The molecule has 0 atom stereocenters.